The van der Waals surface area contributed by atoms with Crippen LogP contribution in [0.25, 0.3) is 10.8 Å². The van der Waals surface area contributed by atoms with Crippen molar-refractivity contribution in [3.05, 3.63) is 30.3 Å². The molecule has 1 N–H and O–H groups in total. The maximum atomic E-state index is 12.8. The molecule has 138 valence electrons. The molecule has 0 aliphatic heterocycles. The molecule has 0 unspecified atom stereocenters. The van der Waals surface area contributed by atoms with Gasteiger partial charge in [-0.1, -0.05) is 0 Å². The summed E-state index contributed by atoms with van der Waals surface area (Å²) in [5.74, 6) is -0.621. The van der Waals surface area contributed by atoms with Gasteiger partial charge in [-0.2, -0.15) is 26.3 Å². The zero-order valence-corrected chi connectivity index (χ0v) is 13.2. The maximum absolute atomic E-state index is 12.8. The van der Waals surface area contributed by atoms with Crippen molar-refractivity contribution < 1.29 is 48.3 Å². The van der Waals surface area contributed by atoms with Gasteiger partial charge >= 0.3 is 11.0 Å². The Morgan fingerprint density at radius 2 is 1.28 bits per heavy atom. The topological polar surface area (TPSA) is 88.5 Å². The Kier molecular flexibility index (Phi) is 4.24. The van der Waals surface area contributed by atoms with E-state index in [0.717, 1.165) is 6.07 Å². The second kappa shape index (κ2) is 5.49. The lowest BCUT2D eigenvalue weighted by Crippen LogP contribution is -2.26. The molecule has 0 spiro atoms. The molecule has 13 heteroatoms. The number of hydrogen-bond donors (Lipinski definition) is 1. The smallest absolute Gasteiger partial charge is 0.501 e. The Hall–Kier alpha value is -2.02. The van der Waals surface area contributed by atoms with Gasteiger partial charge in [-0.05, 0) is 35.7 Å². The van der Waals surface area contributed by atoms with E-state index in [1.54, 1.807) is 0 Å². The molecule has 0 heterocycles. The lowest BCUT2D eigenvalue weighted by atomic mass is 10.1. The zero-order chi connectivity index (χ0) is 19.4. The number of hydrogen-bond acceptors (Lipinski definition) is 5. The van der Waals surface area contributed by atoms with Crippen molar-refractivity contribution in [3.8, 4) is 5.75 Å². The highest BCUT2D eigenvalue weighted by Crippen LogP contribution is 2.39. The second-order valence-electron chi connectivity index (χ2n) is 4.73. The molecule has 0 bridgehead atoms. The first-order valence-electron chi connectivity index (χ1n) is 5.98. The second-order valence-corrected chi connectivity index (χ2v) is 8.58. The maximum Gasteiger partial charge on any atom is 0.501 e. The lowest BCUT2D eigenvalue weighted by molar-refractivity contribution is -0.0438. The number of fused-ring (bicyclic) bond motifs is 1. The van der Waals surface area contributed by atoms with Crippen molar-refractivity contribution in [2.24, 2.45) is 0 Å². The molecule has 0 aliphatic rings. The molecule has 0 radical (unpaired) electrons. The van der Waals surface area contributed by atoms with Gasteiger partial charge in [0.05, 0.1) is 9.79 Å². The quantitative estimate of drug-likeness (QED) is 0.772. The van der Waals surface area contributed by atoms with Crippen LogP contribution in [0.1, 0.15) is 0 Å². The molecule has 0 aromatic heterocycles. The fraction of sp³-hybridized carbons (Fsp3) is 0.167. The van der Waals surface area contributed by atoms with E-state index in [1.807, 2.05) is 0 Å². The van der Waals surface area contributed by atoms with Crippen LogP contribution >= 0.6 is 0 Å². The average Bonchev–Trinajstić information content (AvgIpc) is 2.43. The molecule has 2 aromatic carbocycles. The molecule has 2 rings (SSSR count). The standard InChI is InChI=1S/C12H6F6O5S2/c13-11(14,15)24(20,21)8-4-6-3-7(19)1-2-9(6)10(5-8)25(22,23)12(16,17)18/h1-5,19H. The number of rotatable bonds is 2. The minimum atomic E-state index is -6.16. The van der Waals surface area contributed by atoms with Gasteiger partial charge in [-0.15, -0.1) is 0 Å². The number of alkyl halides is 6. The fourth-order valence-corrected chi connectivity index (χ4v) is 3.84. The summed E-state index contributed by atoms with van der Waals surface area (Å²) in [5, 5.41) is 7.96. The van der Waals surface area contributed by atoms with Crippen molar-refractivity contribution in [3.63, 3.8) is 0 Å². The lowest BCUT2D eigenvalue weighted by Gasteiger charge is -2.14. The Bertz CT molecular complexity index is 1050. The first kappa shape index (κ1) is 19.3. The fourth-order valence-electron chi connectivity index (χ4n) is 1.93. The Morgan fingerprint density at radius 1 is 0.760 bits per heavy atom. The van der Waals surface area contributed by atoms with Crippen LogP contribution in [0.2, 0.25) is 0 Å². The third kappa shape index (κ3) is 3.13. The summed E-state index contributed by atoms with van der Waals surface area (Å²) >= 11 is 0. The zero-order valence-electron chi connectivity index (χ0n) is 11.6. The van der Waals surface area contributed by atoms with Gasteiger partial charge in [0, 0.05) is 5.39 Å². The molecule has 0 fully saturated rings. The Morgan fingerprint density at radius 3 is 1.76 bits per heavy atom. The summed E-state index contributed by atoms with van der Waals surface area (Å²) in [6.07, 6.45) is 0. The van der Waals surface area contributed by atoms with Crippen molar-refractivity contribution >= 4 is 30.4 Å². The van der Waals surface area contributed by atoms with E-state index in [9.17, 15) is 48.3 Å². The molecular weight excluding hydrogens is 402 g/mol. The van der Waals surface area contributed by atoms with Gasteiger partial charge < -0.3 is 5.11 Å². The van der Waals surface area contributed by atoms with Crippen molar-refractivity contribution in [1.82, 2.24) is 0 Å². The molecule has 25 heavy (non-hydrogen) atoms. The van der Waals surface area contributed by atoms with Gasteiger partial charge in [0.25, 0.3) is 19.7 Å². The third-order valence-electron chi connectivity index (χ3n) is 3.08. The number of phenols is 1. The number of phenolic OH excluding ortho intramolecular Hbond substituents is 1. The van der Waals surface area contributed by atoms with Crippen molar-refractivity contribution in [2.45, 2.75) is 20.8 Å². The van der Waals surface area contributed by atoms with Gasteiger partial charge in [-0.3, -0.25) is 0 Å². The van der Waals surface area contributed by atoms with Crippen molar-refractivity contribution in [2.75, 3.05) is 0 Å². The predicted octanol–water partition coefficient (Wildman–Crippen LogP) is 3.13. The number of benzene rings is 2. The Labute approximate surface area is 136 Å². The highest BCUT2D eigenvalue weighted by Gasteiger charge is 2.50. The average molecular weight is 408 g/mol. The molecular formula is C12H6F6O5S2. The van der Waals surface area contributed by atoms with Crippen LogP contribution in [-0.2, 0) is 19.7 Å². The first-order chi connectivity index (χ1) is 11.1. The van der Waals surface area contributed by atoms with Gasteiger partial charge in [-0.25, -0.2) is 16.8 Å². The number of aromatic hydroxyl groups is 1. The van der Waals surface area contributed by atoms with Gasteiger partial charge in [0.1, 0.15) is 5.75 Å². The van der Waals surface area contributed by atoms with Crippen LogP contribution in [0.3, 0.4) is 0 Å². The van der Waals surface area contributed by atoms with Gasteiger partial charge in [0.15, 0.2) is 0 Å². The minimum absolute atomic E-state index is 0.203. The predicted molar refractivity (Wildman–Crippen MR) is 72.1 cm³/mol. The molecule has 2 aromatic rings. The van der Waals surface area contributed by atoms with E-state index < -0.39 is 57.0 Å². The third-order valence-corrected chi connectivity index (χ3v) is 6.07. The van der Waals surface area contributed by atoms with E-state index >= 15 is 0 Å². The van der Waals surface area contributed by atoms with E-state index in [0.29, 0.717) is 18.2 Å². The molecule has 0 saturated carbocycles. The highest BCUT2D eigenvalue weighted by atomic mass is 32.2. The van der Waals surface area contributed by atoms with Crippen LogP contribution in [0.15, 0.2) is 40.1 Å². The minimum Gasteiger partial charge on any atom is -0.508 e. The van der Waals surface area contributed by atoms with Crippen molar-refractivity contribution in [1.29, 1.82) is 0 Å². The molecule has 0 atom stereocenters. The summed E-state index contributed by atoms with van der Waals surface area (Å²) < 4.78 is 122. The summed E-state index contributed by atoms with van der Waals surface area (Å²) in [4.78, 5) is -3.36. The van der Waals surface area contributed by atoms with Crippen LogP contribution in [0.5, 0.6) is 5.75 Å². The number of halogens is 6. The SMILES string of the molecule is O=S(=O)(c1cc(S(=O)(=O)C(F)(F)F)c2ccc(O)cc2c1)C(F)(F)F. The normalized spacial score (nSPS) is 14.0. The largest absolute Gasteiger partial charge is 0.508 e. The molecule has 0 saturated heterocycles. The summed E-state index contributed by atoms with van der Waals surface area (Å²) in [6.45, 7) is 0. The molecule has 0 aliphatic carbocycles. The Balaban J connectivity index is 3.01. The number of sulfone groups is 2. The van der Waals surface area contributed by atoms with Gasteiger partial charge in [0.2, 0.25) is 0 Å². The van der Waals surface area contributed by atoms with E-state index in [2.05, 4.69) is 0 Å². The molecule has 0 amide bonds. The monoisotopic (exact) mass is 408 g/mol. The van der Waals surface area contributed by atoms with E-state index in [-0.39, 0.29) is 6.07 Å². The van der Waals surface area contributed by atoms with Crippen LogP contribution in [0.4, 0.5) is 26.3 Å². The molecule has 5 nitrogen and oxygen atoms in total. The summed E-state index contributed by atoms with van der Waals surface area (Å²) in [6, 6.07) is 2.28. The van der Waals surface area contributed by atoms with E-state index in [4.69, 9.17) is 0 Å². The highest BCUT2D eigenvalue weighted by molar-refractivity contribution is 7.93. The van der Waals surface area contributed by atoms with Crippen LogP contribution in [0, 0.1) is 0 Å². The summed E-state index contributed by atoms with van der Waals surface area (Å²) in [5.41, 5.74) is -11.7. The van der Waals surface area contributed by atoms with Crippen LogP contribution < -0.4 is 0 Å². The van der Waals surface area contributed by atoms with E-state index in [1.165, 1.54) is 0 Å². The first-order valence-corrected chi connectivity index (χ1v) is 8.95. The summed E-state index contributed by atoms with van der Waals surface area (Å²) in [7, 11) is -12.3. The van der Waals surface area contributed by atoms with Crippen LogP contribution in [-0.4, -0.2) is 33.0 Å².